The highest BCUT2D eigenvalue weighted by Crippen LogP contribution is 2.26. The molecule has 0 saturated heterocycles. The van der Waals surface area contributed by atoms with Crippen molar-refractivity contribution in [2.45, 2.75) is 66.9 Å². The van der Waals surface area contributed by atoms with Gasteiger partial charge in [-0.25, -0.2) is 4.79 Å². The Labute approximate surface area is 99.4 Å². The van der Waals surface area contributed by atoms with Gasteiger partial charge in [-0.3, -0.25) is 4.89 Å². The van der Waals surface area contributed by atoms with E-state index in [1.54, 1.807) is 0 Å². The number of hydrogen-bond donors (Lipinski definition) is 0. The lowest BCUT2D eigenvalue weighted by Gasteiger charge is -2.23. The molecule has 0 saturated carbocycles. The van der Waals surface area contributed by atoms with Crippen LogP contribution in [0.5, 0.6) is 0 Å². The van der Waals surface area contributed by atoms with Gasteiger partial charge >= 0.3 is 5.97 Å². The summed E-state index contributed by atoms with van der Waals surface area (Å²) in [6, 6.07) is 0. The summed E-state index contributed by atoms with van der Waals surface area (Å²) in [6.07, 6.45) is 1.41. The third kappa shape index (κ3) is 9.97. The standard InChI is InChI=1S/C13H26O3/c1-10(9-12(2,3)4)8-11(14)15-16-13(5,6)7/h10H,8-9H2,1-7H3. The minimum atomic E-state index is -0.442. The zero-order chi connectivity index (χ0) is 13.0. The topological polar surface area (TPSA) is 35.5 Å². The van der Waals surface area contributed by atoms with Crippen molar-refractivity contribution in [2.75, 3.05) is 0 Å². The highest BCUT2D eigenvalue weighted by Gasteiger charge is 2.20. The van der Waals surface area contributed by atoms with Crippen molar-refractivity contribution in [3.05, 3.63) is 0 Å². The van der Waals surface area contributed by atoms with Crippen LogP contribution in [0.3, 0.4) is 0 Å². The van der Waals surface area contributed by atoms with Crippen molar-refractivity contribution in [2.24, 2.45) is 11.3 Å². The van der Waals surface area contributed by atoms with E-state index in [9.17, 15) is 4.79 Å². The van der Waals surface area contributed by atoms with Crippen LogP contribution >= 0.6 is 0 Å². The van der Waals surface area contributed by atoms with Crippen LogP contribution in [0.25, 0.3) is 0 Å². The van der Waals surface area contributed by atoms with Crippen LogP contribution in [-0.4, -0.2) is 11.6 Å². The average molecular weight is 230 g/mol. The molecule has 1 unspecified atom stereocenters. The average Bonchev–Trinajstić information content (AvgIpc) is 1.95. The van der Waals surface area contributed by atoms with E-state index in [0.717, 1.165) is 6.42 Å². The van der Waals surface area contributed by atoms with Crippen molar-refractivity contribution in [3.63, 3.8) is 0 Å². The number of carbonyl (C=O) groups excluding carboxylic acids is 1. The third-order valence-electron chi connectivity index (χ3n) is 1.86. The van der Waals surface area contributed by atoms with Crippen molar-refractivity contribution < 1.29 is 14.6 Å². The summed E-state index contributed by atoms with van der Waals surface area (Å²) in [4.78, 5) is 21.2. The Hall–Kier alpha value is -0.570. The maximum atomic E-state index is 11.4. The first-order valence-electron chi connectivity index (χ1n) is 5.88. The Kier molecular flexibility index (Phi) is 5.47. The molecule has 0 aliphatic rings. The molecule has 0 aromatic carbocycles. The molecule has 16 heavy (non-hydrogen) atoms. The van der Waals surface area contributed by atoms with Crippen LogP contribution in [0, 0.1) is 11.3 Å². The van der Waals surface area contributed by atoms with Gasteiger partial charge in [0.15, 0.2) is 0 Å². The van der Waals surface area contributed by atoms with Gasteiger partial charge in [0.2, 0.25) is 0 Å². The molecule has 0 fully saturated rings. The summed E-state index contributed by atoms with van der Waals surface area (Å²) in [5.41, 5.74) is -0.201. The van der Waals surface area contributed by atoms with Crippen LogP contribution in [0.2, 0.25) is 0 Å². The summed E-state index contributed by atoms with van der Waals surface area (Å²) in [5, 5.41) is 0. The van der Waals surface area contributed by atoms with Gasteiger partial charge in [-0.05, 0) is 38.5 Å². The van der Waals surface area contributed by atoms with E-state index in [2.05, 4.69) is 27.7 Å². The predicted molar refractivity (Wildman–Crippen MR) is 64.8 cm³/mol. The first-order chi connectivity index (χ1) is 6.99. The van der Waals surface area contributed by atoms with Crippen LogP contribution in [-0.2, 0) is 14.6 Å². The normalized spacial score (nSPS) is 14.7. The molecule has 0 amide bonds. The van der Waals surface area contributed by atoms with Crippen molar-refractivity contribution in [3.8, 4) is 0 Å². The second kappa shape index (κ2) is 5.67. The number of rotatable bonds is 4. The molecule has 0 bridgehead atoms. The highest BCUT2D eigenvalue weighted by molar-refractivity contribution is 5.68. The second-order valence-electron chi connectivity index (χ2n) is 6.73. The lowest BCUT2D eigenvalue weighted by Crippen LogP contribution is -2.23. The highest BCUT2D eigenvalue weighted by atomic mass is 17.2. The minimum Gasteiger partial charge on any atom is -0.298 e. The SMILES string of the molecule is CC(CC(=O)OOC(C)(C)C)CC(C)(C)C. The summed E-state index contributed by atoms with van der Waals surface area (Å²) in [5.74, 6) is 0.0303. The van der Waals surface area contributed by atoms with Gasteiger partial charge in [0.25, 0.3) is 0 Å². The van der Waals surface area contributed by atoms with E-state index in [0.29, 0.717) is 12.3 Å². The van der Waals surface area contributed by atoms with Crippen LogP contribution in [0.15, 0.2) is 0 Å². The molecule has 96 valence electrons. The van der Waals surface area contributed by atoms with Crippen molar-refractivity contribution in [1.82, 2.24) is 0 Å². The Morgan fingerprint density at radius 3 is 2.00 bits per heavy atom. The second-order valence-corrected chi connectivity index (χ2v) is 6.73. The lowest BCUT2D eigenvalue weighted by atomic mass is 9.84. The van der Waals surface area contributed by atoms with E-state index in [1.165, 1.54) is 0 Å². The zero-order valence-electron chi connectivity index (χ0n) is 11.7. The fourth-order valence-electron chi connectivity index (χ4n) is 1.61. The Balaban J connectivity index is 3.88. The molecular weight excluding hydrogens is 204 g/mol. The van der Waals surface area contributed by atoms with Crippen LogP contribution in [0.1, 0.15) is 61.3 Å². The van der Waals surface area contributed by atoms with E-state index >= 15 is 0 Å². The van der Waals surface area contributed by atoms with E-state index in [-0.39, 0.29) is 11.4 Å². The number of carbonyl (C=O) groups is 1. The van der Waals surface area contributed by atoms with Gasteiger partial charge in [0.1, 0.15) is 5.60 Å². The Morgan fingerprint density at radius 1 is 1.12 bits per heavy atom. The van der Waals surface area contributed by atoms with E-state index in [1.807, 2.05) is 20.8 Å². The maximum Gasteiger partial charge on any atom is 0.342 e. The number of hydrogen-bond acceptors (Lipinski definition) is 3. The molecule has 1 atom stereocenters. The zero-order valence-corrected chi connectivity index (χ0v) is 11.7. The fourth-order valence-corrected chi connectivity index (χ4v) is 1.61. The van der Waals surface area contributed by atoms with Gasteiger partial charge in [0, 0.05) is 0 Å². The molecule has 0 aliphatic carbocycles. The lowest BCUT2D eigenvalue weighted by molar-refractivity contribution is -0.321. The smallest absolute Gasteiger partial charge is 0.298 e. The van der Waals surface area contributed by atoms with Crippen LogP contribution < -0.4 is 0 Å². The molecule has 3 nitrogen and oxygen atoms in total. The summed E-state index contributed by atoms with van der Waals surface area (Å²) < 4.78 is 0. The maximum absolute atomic E-state index is 11.4. The quantitative estimate of drug-likeness (QED) is 0.545. The molecule has 0 N–H and O–H groups in total. The first-order valence-corrected chi connectivity index (χ1v) is 5.88. The van der Waals surface area contributed by atoms with E-state index in [4.69, 9.17) is 9.78 Å². The first kappa shape index (κ1) is 15.4. The van der Waals surface area contributed by atoms with E-state index < -0.39 is 5.60 Å². The summed E-state index contributed by atoms with van der Waals surface area (Å²) >= 11 is 0. The van der Waals surface area contributed by atoms with Gasteiger partial charge in [-0.2, -0.15) is 4.89 Å². The predicted octanol–water partition coefficient (Wildman–Crippen LogP) is 3.72. The third-order valence-corrected chi connectivity index (χ3v) is 1.86. The summed E-state index contributed by atoms with van der Waals surface area (Å²) in [6.45, 7) is 14.1. The summed E-state index contributed by atoms with van der Waals surface area (Å²) in [7, 11) is 0. The molecule has 0 spiro atoms. The van der Waals surface area contributed by atoms with Crippen molar-refractivity contribution >= 4 is 5.97 Å². The molecule has 0 aromatic rings. The fraction of sp³-hybridized carbons (Fsp3) is 0.923. The monoisotopic (exact) mass is 230 g/mol. The largest absolute Gasteiger partial charge is 0.342 e. The molecular formula is C13H26O3. The Morgan fingerprint density at radius 2 is 1.62 bits per heavy atom. The molecule has 3 heteroatoms. The minimum absolute atomic E-state index is 0.241. The van der Waals surface area contributed by atoms with Crippen molar-refractivity contribution in [1.29, 1.82) is 0 Å². The Bertz CT molecular complexity index is 220. The molecule has 0 aliphatic heterocycles. The van der Waals surface area contributed by atoms with Gasteiger partial charge in [-0.1, -0.05) is 27.7 Å². The van der Waals surface area contributed by atoms with Crippen LogP contribution in [0.4, 0.5) is 0 Å². The molecule has 0 rings (SSSR count). The molecule has 0 radical (unpaired) electrons. The molecule has 0 heterocycles. The molecule has 0 aromatic heterocycles. The van der Waals surface area contributed by atoms with Gasteiger partial charge < -0.3 is 0 Å². The van der Waals surface area contributed by atoms with Gasteiger partial charge in [0.05, 0.1) is 6.42 Å². The van der Waals surface area contributed by atoms with Gasteiger partial charge in [-0.15, -0.1) is 0 Å².